The van der Waals surface area contributed by atoms with Crippen LogP contribution in [0.1, 0.15) is 155 Å². The van der Waals surface area contributed by atoms with E-state index in [1.165, 1.54) is 70.6 Å². The van der Waals surface area contributed by atoms with Gasteiger partial charge in [-0.05, 0) is 38.5 Å². The minimum absolute atomic E-state index is 0.0587. The number of aliphatic hydroxyl groups is 2. The third-order valence-electron chi connectivity index (χ3n) is 7.67. The fraction of sp³-hybridized carbons (Fsp3) is 0.909. The predicted octanol–water partition coefficient (Wildman–Crippen LogP) is 7.46. The van der Waals surface area contributed by atoms with Gasteiger partial charge in [0.25, 0.3) is 0 Å². The molecule has 0 aromatic carbocycles. The lowest BCUT2D eigenvalue weighted by Gasteiger charge is -2.25. The lowest BCUT2D eigenvalue weighted by molar-refractivity contribution is -0.125. The van der Waals surface area contributed by atoms with Gasteiger partial charge in [-0.25, -0.2) is 4.57 Å². The number of phosphoric ester groups is 1. The van der Waals surface area contributed by atoms with Crippen LogP contribution in [0.25, 0.3) is 0 Å². The van der Waals surface area contributed by atoms with Crippen LogP contribution in [0.15, 0.2) is 12.2 Å². The standard InChI is InChI=1S/C33H67N2O7P/c1-3-5-7-9-11-13-15-17-19-21-23-25-32(37)31(29-42-43(39,40)41-27-26-34)35-33(38)28-30(36)24-22-20-18-16-14-12-10-8-6-4-2/h12,14,30-32,36-37H,3-11,13,15-29,34H2,1-2H3,(H,35,38)(H,39,40)/b14-12-. The first-order valence-electron chi connectivity index (χ1n) is 17.4. The lowest BCUT2D eigenvalue weighted by atomic mass is 10.0. The predicted molar refractivity (Wildman–Crippen MR) is 177 cm³/mol. The molecule has 0 saturated carbocycles. The summed E-state index contributed by atoms with van der Waals surface area (Å²) >= 11 is 0. The van der Waals surface area contributed by atoms with E-state index in [2.05, 4.69) is 31.3 Å². The quantitative estimate of drug-likeness (QED) is 0.0290. The molecule has 0 aromatic heterocycles. The highest BCUT2D eigenvalue weighted by Gasteiger charge is 2.28. The van der Waals surface area contributed by atoms with E-state index in [1.807, 2.05) is 0 Å². The van der Waals surface area contributed by atoms with Gasteiger partial charge in [-0.1, -0.05) is 122 Å². The summed E-state index contributed by atoms with van der Waals surface area (Å²) < 4.78 is 21.9. The second kappa shape index (κ2) is 29.9. The fourth-order valence-electron chi connectivity index (χ4n) is 5.00. The zero-order chi connectivity index (χ0) is 32.0. The maximum atomic E-state index is 12.7. The molecule has 4 unspecified atom stereocenters. The van der Waals surface area contributed by atoms with E-state index >= 15 is 0 Å². The Kier molecular flexibility index (Phi) is 29.3. The number of rotatable bonds is 32. The summed E-state index contributed by atoms with van der Waals surface area (Å²) in [7, 11) is -4.36. The van der Waals surface area contributed by atoms with Crippen LogP contribution < -0.4 is 11.1 Å². The summed E-state index contributed by atoms with van der Waals surface area (Å²) in [6.45, 7) is 3.96. The topological polar surface area (TPSA) is 151 Å². The van der Waals surface area contributed by atoms with Gasteiger partial charge < -0.3 is 26.2 Å². The third-order valence-corrected chi connectivity index (χ3v) is 8.66. The first-order valence-corrected chi connectivity index (χ1v) is 18.9. The number of carbonyl (C=O) groups excluding carboxylic acids is 1. The Bertz CT molecular complexity index is 711. The van der Waals surface area contributed by atoms with Crippen LogP contribution in [-0.2, 0) is 18.4 Å². The molecule has 1 amide bonds. The van der Waals surface area contributed by atoms with Crippen LogP contribution in [0.2, 0.25) is 0 Å². The van der Waals surface area contributed by atoms with Gasteiger partial charge in [0.2, 0.25) is 5.91 Å². The van der Waals surface area contributed by atoms with Crippen molar-refractivity contribution in [2.75, 3.05) is 19.8 Å². The first-order chi connectivity index (χ1) is 20.8. The Morgan fingerprint density at radius 1 is 0.767 bits per heavy atom. The highest BCUT2D eigenvalue weighted by atomic mass is 31.2. The van der Waals surface area contributed by atoms with Gasteiger partial charge in [-0.2, -0.15) is 0 Å². The molecule has 0 rings (SSSR count). The minimum atomic E-state index is -4.36. The molecule has 9 nitrogen and oxygen atoms in total. The summed E-state index contributed by atoms with van der Waals surface area (Å²) in [5, 5.41) is 23.9. The number of hydrogen-bond acceptors (Lipinski definition) is 7. The molecular weight excluding hydrogens is 567 g/mol. The largest absolute Gasteiger partial charge is 0.472 e. The van der Waals surface area contributed by atoms with Gasteiger partial charge in [0.15, 0.2) is 0 Å². The molecule has 0 heterocycles. The summed E-state index contributed by atoms with van der Waals surface area (Å²) in [5.41, 5.74) is 5.33. The van der Waals surface area contributed by atoms with Crippen LogP contribution >= 0.6 is 7.82 Å². The summed E-state index contributed by atoms with van der Waals surface area (Å²) in [5.74, 6) is -0.426. The number of nitrogens with two attached hydrogens (primary N) is 1. The van der Waals surface area contributed by atoms with Gasteiger partial charge in [-0.15, -0.1) is 0 Å². The zero-order valence-corrected chi connectivity index (χ0v) is 28.5. The number of allylic oxidation sites excluding steroid dienone is 2. The maximum absolute atomic E-state index is 12.7. The minimum Gasteiger partial charge on any atom is -0.393 e. The number of aliphatic hydroxyl groups excluding tert-OH is 2. The molecule has 0 spiro atoms. The number of unbranched alkanes of at least 4 members (excludes halogenated alkanes) is 16. The van der Waals surface area contributed by atoms with Crippen molar-refractivity contribution in [3.8, 4) is 0 Å². The van der Waals surface area contributed by atoms with E-state index in [-0.39, 0.29) is 26.2 Å². The molecule has 4 atom stereocenters. The SMILES string of the molecule is CCCCC/C=C\CCCCCC(O)CC(=O)NC(COP(=O)(O)OCCN)C(O)CCCCCCCCCCCCC. The van der Waals surface area contributed by atoms with Crippen molar-refractivity contribution in [3.05, 3.63) is 12.2 Å². The molecule has 10 heteroatoms. The number of nitrogens with one attached hydrogen (secondary N) is 1. The first kappa shape index (κ1) is 42.2. The molecule has 0 fully saturated rings. The van der Waals surface area contributed by atoms with Crippen molar-refractivity contribution >= 4 is 13.7 Å². The molecular formula is C33H67N2O7P. The maximum Gasteiger partial charge on any atom is 0.472 e. The monoisotopic (exact) mass is 634 g/mol. The molecule has 0 bridgehead atoms. The molecule has 0 aliphatic heterocycles. The highest BCUT2D eigenvalue weighted by molar-refractivity contribution is 7.47. The van der Waals surface area contributed by atoms with Crippen molar-refractivity contribution in [2.45, 2.75) is 173 Å². The van der Waals surface area contributed by atoms with Crippen molar-refractivity contribution in [3.63, 3.8) is 0 Å². The second-order valence-electron chi connectivity index (χ2n) is 11.9. The zero-order valence-electron chi connectivity index (χ0n) is 27.6. The molecule has 0 aromatic rings. The normalized spacial score (nSPS) is 15.4. The van der Waals surface area contributed by atoms with Gasteiger partial charge >= 0.3 is 7.82 Å². The number of amides is 1. The Labute approximate surface area is 263 Å². The summed E-state index contributed by atoms with van der Waals surface area (Å²) in [6, 6.07) is -0.895. The molecule has 256 valence electrons. The van der Waals surface area contributed by atoms with Gasteiger partial charge in [0.1, 0.15) is 0 Å². The fourth-order valence-corrected chi connectivity index (χ4v) is 5.76. The Morgan fingerprint density at radius 2 is 1.26 bits per heavy atom. The molecule has 0 radical (unpaired) electrons. The Balaban J connectivity index is 4.47. The van der Waals surface area contributed by atoms with E-state index in [0.29, 0.717) is 12.8 Å². The van der Waals surface area contributed by atoms with E-state index in [9.17, 15) is 24.5 Å². The number of carbonyl (C=O) groups is 1. The van der Waals surface area contributed by atoms with Crippen molar-refractivity contribution in [2.24, 2.45) is 5.73 Å². The van der Waals surface area contributed by atoms with E-state index in [4.69, 9.17) is 14.8 Å². The Morgan fingerprint density at radius 3 is 1.84 bits per heavy atom. The average Bonchev–Trinajstić information content (AvgIpc) is 2.97. The molecule has 0 aliphatic rings. The van der Waals surface area contributed by atoms with Gasteiger partial charge in [0.05, 0.1) is 37.9 Å². The third kappa shape index (κ3) is 28.4. The van der Waals surface area contributed by atoms with Crippen molar-refractivity contribution in [1.29, 1.82) is 0 Å². The van der Waals surface area contributed by atoms with Crippen LogP contribution in [0, 0.1) is 0 Å². The van der Waals surface area contributed by atoms with Crippen molar-refractivity contribution < 1.29 is 33.5 Å². The highest BCUT2D eigenvalue weighted by Crippen LogP contribution is 2.43. The number of phosphoric acid groups is 1. The summed E-state index contributed by atoms with van der Waals surface area (Å²) in [4.78, 5) is 22.6. The summed E-state index contributed by atoms with van der Waals surface area (Å²) in [6.07, 6.45) is 25.5. The average molecular weight is 635 g/mol. The van der Waals surface area contributed by atoms with Crippen LogP contribution in [0.4, 0.5) is 0 Å². The smallest absolute Gasteiger partial charge is 0.393 e. The number of hydrogen-bond donors (Lipinski definition) is 5. The molecule has 0 saturated heterocycles. The van der Waals surface area contributed by atoms with E-state index in [0.717, 1.165) is 51.4 Å². The van der Waals surface area contributed by atoms with Gasteiger partial charge in [0, 0.05) is 6.54 Å². The van der Waals surface area contributed by atoms with Crippen LogP contribution in [-0.4, -0.2) is 59.0 Å². The van der Waals surface area contributed by atoms with Crippen LogP contribution in [0.5, 0.6) is 0 Å². The van der Waals surface area contributed by atoms with E-state index in [1.54, 1.807) is 0 Å². The van der Waals surface area contributed by atoms with E-state index < -0.39 is 32.0 Å². The van der Waals surface area contributed by atoms with Gasteiger partial charge in [-0.3, -0.25) is 13.8 Å². The molecule has 0 aliphatic carbocycles. The Hall–Kier alpha value is -0.800. The molecule has 6 N–H and O–H groups in total. The molecule has 43 heavy (non-hydrogen) atoms. The second-order valence-corrected chi connectivity index (χ2v) is 13.4. The van der Waals surface area contributed by atoms with Crippen molar-refractivity contribution in [1.82, 2.24) is 5.32 Å². The van der Waals surface area contributed by atoms with Crippen LogP contribution in [0.3, 0.4) is 0 Å². The lowest BCUT2D eigenvalue weighted by Crippen LogP contribution is -2.47.